The van der Waals surface area contributed by atoms with E-state index in [4.69, 9.17) is 29.4 Å². The number of nitrogens with one attached hydrogen (secondary N) is 8. The Labute approximate surface area is 577 Å². The minimum absolute atomic E-state index is 0.108. The molecule has 5 unspecified atom stereocenters. The predicted octanol–water partition coefficient (Wildman–Crippen LogP) is -10.5. The second kappa shape index (κ2) is 33.6. The Morgan fingerprint density at radius 1 is 0.608 bits per heavy atom. The maximum absolute atomic E-state index is 15.3. The highest BCUT2D eigenvalue weighted by Crippen LogP contribution is 2.35. The van der Waals surface area contributed by atoms with E-state index in [9.17, 15) is 109 Å². The van der Waals surface area contributed by atoms with Gasteiger partial charge in [-0.15, -0.1) is 0 Å². The number of alkyl halides is 3. The van der Waals surface area contributed by atoms with Crippen molar-refractivity contribution in [3.63, 3.8) is 0 Å². The number of hydrogen-bond donors (Lipinski definition) is 23. The number of halogens is 3. The van der Waals surface area contributed by atoms with Crippen molar-refractivity contribution in [3.05, 3.63) is 101 Å². The summed E-state index contributed by atoms with van der Waals surface area (Å²) in [6.45, 7) is -4.99. The monoisotopic (exact) mass is 1450 g/mol. The van der Waals surface area contributed by atoms with Crippen LogP contribution in [0.5, 0.6) is 5.75 Å². The van der Waals surface area contributed by atoms with Crippen LogP contribution in [0.25, 0.3) is 0 Å². The Hall–Kier alpha value is -8.11. The summed E-state index contributed by atoms with van der Waals surface area (Å²) in [5.41, 5.74) is 5.61. The first-order valence-corrected chi connectivity index (χ1v) is 32.2. The summed E-state index contributed by atoms with van der Waals surface area (Å²) in [4.78, 5) is 94.3. The van der Waals surface area contributed by atoms with Crippen molar-refractivity contribution in [1.82, 2.24) is 47.0 Å². The van der Waals surface area contributed by atoms with E-state index in [2.05, 4.69) is 42.2 Å². The molecule has 24 N–H and O–H groups in total. The first-order valence-electron chi connectivity index (χ1n) is 32.2. The standard InChI is InChI=1S/C62H83F3N12O25/c1-24(27-5-3-2-4-6-27)38-54(95)70-30(15-25-9-13-29(14-10-25)98-58-50(92)47(89)51(36(23-81)101-58)102-59-49(91)46(88)44(86)35(22-80)100-59)53(94)74-39(41(83)31-16-69-60(66)72-31)56(97)75-40(55(96)71-32(20-78)52(93)68-17-37(82)73-38)42(84)33-19-76(18-26-7-11-28(12-8-26)62(63,64)65)61(67)77(33)57-48(90)45(87)43(85)34(21-79)99-57/h2-14,24,30-36,38-51,57-59,67,78-81,83-92H,15-23H2,1H3,(H,68,93)(H,70,95)(H,71,96)(H,73,82)(H,74,94)(H,75,97)(H3,66,69,72)/t24?,30-,31?,32+,33?,34-,35-,36-,38+,39+,40-,41?,42?,43-,44-,45+,46+,47-,48+,49+,50+,51-,57+,58+,59-/m1/s1. The zero-order chi connectivity index (χ0) is 74.3. The van der Waals surface area contributed by atoms with Crippen LogP contribution in [0.1, 0.15) is 35.1 Å². The summed E-state index contributed by atoms with van der Waals surface area (Å²) in [5.74, 6) is -9.86. The van der Waals surface area contributed by atoms with Gasteiger partial charge in [-0.3, -0.25) is 39.2 Å². The van der Waals surface area contributed by atoms with Crippen molar-refractivity contribution >= 4 is 47.4 Å². The number of aliphatic imine (C=N–C) groups is 1. The lowest BCUT2D eigenvalue weighted by Crippen LogP contribution is -2.69. The van der Waals surface area contributed by atoms with Crippen LogP contribution in [-0.4, -0.2) is 321 Å². The van der Waals surface area contributed by atoms with E-state index >= 15 is 9.59 Å². The average molecular weight is 1450 g/mol. The fourth-order valence-electron chi connectivity index (χ4n) is 12.5. The third kappa shape index (κ3) is 17.6. The van der Waals surface area contributed by atoms with Crippen LogP contribution in [-0.2, 0) is 66.9 Å². The number of amides is 6. The fraction of sp³-hybridized carbons (Fsp3) is 0.581. The molecule has 37 nitrogen and oxygen atoms in total. The van der Waals surface area contributed by atoms with Gasteiger partial charge >= 0.3 is 6.18 Å². The van der Waals surface area contributed by atoms with Gasteiger partial charge in [0.25, 0.3) is 0 Å². The molecule has 562 valence electrons. The SMILES string of the molecule is CC(c1ccccc1)[C@@H]1NC(=O)CNC(=O)[C@H](CO)NC(=O)[C@@H](C(O)C2CN(Cc3ccc(C(F)(F)F)cc3)C(=N)N2[C@H]2O[C@H](CO)[C@@H](O)[C@H](O)[C@@H]2O)NC(=O)[C@H](C(O)C2CN=C(N)N2)NC(=O)[C@@H](Cc2ccc(O[C@H]3O[C@H](CO)[C@@H](O[C@H]4O[C@H](CO)[C@@H](O)[C@H](O)[C@@H]4O)[C@H](O)[C@@H]3O)cc2)NC1=O. The summed E-state index contributed by atoms with van der Waals surface area (Å²) in [6.07, 6.45) is -38.0. The van der Waals surface area contributed by atoms with E-state index in [0.29, 0.717) is 5.56 Å². The average Bonchev–Trinajstić information content (AvgIpc) is 1.51. The highest BCUT2D eigenvalue weighted by atomic mass is 19.4. The van der Waals surface area contributed by atoms with Crippen molar-refractivity contribution in [3.8, 4) is 5.75 Å². The van der Waals surface area contributed by atoms with Crippen molar-refractivity contribution in [2.24, 2.45) is 10.7 Å². The molecule has 0 radical (unpaired) electrons. The molecule has 0 bridgehead atoms. The molecule has 6 amide bonds. The van der Waals surface area contributed by atoms with Crippen molar-refractivity contribution in [2.45, 2.75) is 179 Å². The first-order chi connectivity index (χ1) is 48.4. The van der Waals surface area contributed by atoms with Gasteiger partial charge in [-0.1, -0.05) is 61.5 Å². The molecule has 0 saturated carbocycles. The molecule has 102 heavy (non-hydrogen) atoms. The number of carbonyl (C=O) groups excluding carboxylic acids is 6. The van der Waals surface area contributed by atoms with E-state index in [-0.39, 0.29) is 29.4 Å². The molecule has 0 aromatic heterocycles. The van der Waals surface area contributed by atoms with Crippen LogP contribution in [0, 0.1) is 5.41 Å². The van der Waals surface area contributed by atoms with Crippen LogP contribution in [0.4, 0.5) is 13.2 Å². The molecule has 3 aromatic rings. The van der Waals surface area contributed by atoms with Crippen LogP contribution in [0.2, 0.25) is 0 Å². The number of aliphatic hydroxyl groups excluding tert-OH is 14. The van der Waals surface area contributed by atoms with Crippen molar-refractivity contribution < 1.29 is 137 Å². The maximum atomic E-state index is 15.3. The smallest absolute Gasteiger partial charge is 0.416 e. The summed E-state index contributed by atoms with van der Waals surface area (Å²) < 4.78 is 69.4. The summed E-state index contributed by atoms with van der Waals surface area (Å²) in [5, 5.41) is 179. The molecular formula is C62H83F3N12O25. The molecule has 6 aliphatic rings. The zero-order valence-electron chi connectivity index (χ0n) is 54.1. The molecule has 3 aromatic carbocycles. The van der Waals surface area contributed by atoms with Gasteiger partial charge in [-0.25, -0.2) is 0 Å². The van der Waals surface area contributed by atoms with Gasteiger partial charge in [-0.05, 0) is 41.0 Å². The lowest BCUT2D eigenvalue weighted by Gasteiger charge is -2.46. The zero-order valence-corrected chi connectivity index (χ0v) is 54.1. The molecule has 5 saturated heterocycles. The molecule has 40 heteroatoms. The van der Waals surface area contributed by atoms with Gasteiger partial charge in [0, 0.05) is 25.4 Å². The van der Waals surface area contributed by atoms with E-state index in [1.807, 2.05) is 0 Å². The topological polar surface area (TPSA) is 585 Å². The van der Waals surface area contributed by atoms with E-state index in [1.165, 1.54) is 31.2 Å². The number of guanidine groups is 2. The Morgan fingerprint density at radius 3 is 1.77 bits per heavy atom. The predicted molar refractivity (Wildman–Crippen MR) is 336 cm³/mol. The summed E-state index contributed by atoms with van der Waals surface area (Å²) in [6, 6.07) is 3.27. The van der Waals surface area contributed by atoms with Crippen LogP contribution >= 0.6 is 0 Å². The summed E-state index contributed by atoms with van der Waals surface area (Å²) >= 11 is 0. The summed E-state index contributed by atoms with van der Waals surface area (Å²) in [7, 11) is 0. The Kier molecular flexibility index (Phi) is 25.7. The maximum Gasteiger partial charge on any atom is 0.416 e. The highest BCUT2D eigenvalue weighted by Gasteiger charge is 2.56. The lowest BCUT2D eigenvalue weighted by molar-refractivity contribution is -0.352. The van der Waals surface area contributed by atoms with Crippen LogP contribution in [0.3, 0.4) is 0 Å². The van der Waals surface area contributed by atoms with Gasteiger partial charge in [0.2, 0.25) is 41.7 Å². The van der Waals surface area contributed by atoms with Gasteiger partial charge in [-0.2, -0.15) is 13.2 Å². The third-order valence-corrected chi connectivity index (χ3v) is 18.4. The van der Waals surface area contributed by atoms with Gasteiger partial charge in [0.05, 0.1) is 57.2 Å². The Balaban J connectivity index is 1.05. The molecule has 25 atom stereocenters. The number of benzene rings is 3. The highest BCUT2D eigenvalue weighted by molar-refractivity contribution is 5.98. The second-order valence-corrected chi connectivity index (χ2v) is 25.3. The quantitative estimate of drug-likeness (QED) is 0.0530. The second-order valence-electron chi connectivity index (χ2n) is 25.3. The number of ether oxygens (including phenoxy) is 5. The third-order valence-electron chi connectivity index (χ3n) is 18.4. The van der Waals surface area contributed by atoms with Gasteiger partial charge < -0.3 is 148 Å². The molecule has 6 heterocycles. The molecule has 9 rings (SSSR count). The van der Waals surface area contributed by atoms with Crippen molar-refractivity contribution in [1.29, 1.82) is 5.41 Å². The molecular weight excluding hydrogens is 1370 g/mol. The molecule has 0 spiro atoms. The lowest BCUT2D eigenvalue weighted by atomic mass is 9.92. The van der Waals surface area contributed by atoms with Gasteiger partial charge in [0.1, 0.15) is 121 Å². The normalized spacial score (nSPS) is 35.0. The number of nitrogens with two attached hydrogens (primary N) is 1. The fourth-order valence-corrected chi connectivity index (χ4v) is 12.5. The number of carbonyl (C=O) groups is 6. The number of aliphatic hydroxyl groups is 14. The molecule has 0 aliphatic carbocycles. The van der Waals surface area contributed by atoms with Crippen LogP contribution < -0.4 is 47.7 Å². The Morgan fingerprint density at radius 2 is 1.17 bits per heavy atom. The largest absolute Gasteiger partial charge is 0.462 e. The van der Waals surface area contributed by atoms with Crippen LogP contribution in [0.15, 0.2) is 83.9 Å². The first kappa shape index (κ1) is 78.0. The van der Waals surface area contributed by atoms with Crippen molar-refractivity contribution in [2.75, 3.05) is 46.1 Å². The number of hydrogen-bond acceptors (Lipinski definition) is 29. The molecule has 5 fully saturated rings. The Bertz CT molecular complexity index is 3430. The minimum atomic E-state index is -4.77. The minimum Gasteiger partial charge on any atom is -0.462 e. The van der Waals surface area contributed by atoms with E-state index < -0.39 is 258 Å². The number of rotatable bonds is 19. The van der Waals surface area contributed by atoms with E-state index in [0.717, 1.165) is 34.1 Å². The van der Waals surface area contributed by atoms with Gasteiger partial charge in [0.15, 0.2) is 24.4 Å². The number of nitrogens with zero attached hydrogens (tertiary/aromatic N) is 3. The molecule has 6 aliphatic heterocycles. The van der Waals surface area contributed by atoms with E-state index in [1.54, 1.807) is 30.3 Å².